The van der Waals surface area contributed by atoms with Crippen molar-refractivity contribution in [2.24, 2.45) is 0 Å². The van der Waals surface area contributed by atoms with Crippen molar-refractivity contribution in [2.75, 3.05) is 0 Å². The van der Waals surface area contributed by atoms with E-state index in [-0.39, 0.29) is 0 Å². The number of hydrogen-bond acceptors (Lipinski definition) is 2. The molecule has 2 rings (SSSR count). The molecule has 0 aliphatic carbocycles. The molecule has 0 fully saturated rings. The molecule has 0 amide bonds. The lowest BCUT2D eigenvalue weighted by atomic mass is 10.2. The molecule has 1 aliphatic heterocycles. The molecule has 0 N–H and O–H groups in total. The summed E-state index contributed by atoms with van der Waals surface area (Å²) in [6.45, 7) is 1.05. The predicted octanol–water partition coefficient (Wildman–Crippen LogP) is 0.224. The highest BCUT2D eigenvalue weighted by atomic mass is 15.4. The zero-order chi connectivity index (χ0) is 5.40. The number of aryl methyl sites for hydroxylation is 2. The van der Waals surface area contributed by atoms with E-state index in [1.54, 1.807) is 0 Å². The molecule has 0 saturated carbocycles. The van der Waals surface area contributed by atoms with E-state index in [1.807, 2.05) is 10.9 Å². The molecule has 3 nitrogen and oxygen atoms in total. The van der Waals surface area contributed by atoms with Crippen LogP contribution in [0.3, 0.4) is 0 Å². The Morgan fingerprint density at radius 1 is 1.62 bits per heavy atom. The van der Waals surface area contributed by atoms with Crippen LogP contribution in [0.5, 0.6) is 0 Å². The maximum Gasteiger partial charge on any atom is 0.0827 e. The molecule has 0 atom stereocenters. The molecular weight excluding hydrogens is 102 g/mol. The van der Waals surface area contributed by atoms with Crippen LogP contribution in [-0.4, -0.2) is 15.0 Å². The summed E-state index contributed by atoms with van der Waals surface area (Å²) >= 11 is 0. The summed E-state index contributed by atoms with van der Waals surface area (Å²) in [7, 11) is 0. The second-order valence-corrected chi connectivity index (χ2v) is 2.08. The minimum atomic E-state index is 1.05. The van der Waals surface area contributed by atoms with Crippen molar-refractivity contribution in [3.8, 4) is 0 Å². The highest BCUT2D eigenvalue weighted by Gasteiger charge is 2.05. The van der Waals surface area contributed by atoms with Crippen LogP contribution in [0.25, 0.3) is 0 Å². The van der Waals surface area contributed by atoms with E-state index < -0.39 is 0 Å². The van der Waals surface area contributed by atoms with Crippen LogP contribution in [0, 0.1) is 0 Å². The molecule has 1 aromatic rings. The van der Waals surface area contributed by atoms with Gasteiger partial charge in [-0.15, -0.1) is 5.10 Å². The van der Waals surface area contributed by atoms with Crippen molar-refractivity contribution >= 4 is 0 Å². The van der Waals surface area contributed by atoms with Gasteiger partial charge in [-0.1, -0.05) is 5.21 Å². The number of hydrogen-bond donors (Lipinski definition) is 0. The monoisotopic (exact) mass is 109 g/mol. The van der Waals surface area contributed by atoms with Crippen LogP contribution in [-0.2, 0) is 13.0 Å². The molecular formula is C5H7N3. The zero-order valence-electron chi connectivity index (χ0n) is 4.54. The Hall–Kier alpha value is -0.860. The molecule has 0 spiro atoms. The second-order valence-electron chi connectivity index (χ2n) is 2.08. The summed E-state index contributed by atoms with van der Waals surface area (Å²) in [5.41, 5.74) is 1.14. The summed E-state index contributed by atoms with van der Waals surface area (Å²) in [6, 6.07) is 0. The summed E-state index contributed by atoms with van der Waals surface area (Å²) in [5, 5.41) is 7.77. The van der Waals surface area contributed by atoms with Gasteiger partial charge in [0.25, 0.3) is 0 Å². The minimum Gasteiger partial charge on any atom is -0.252 e. The molecule has 2 heterocycles. The highest BCUT2D eigenvalue weighted by molar-refractivity contribution is 4.94. The molecule has 0 aromatic carbocycles. The predicted molar refractivity (Wildman–Crippen MR) is 28.3 cm³/mol. The van der Waals surface area contributed by atoms with E-state index in [0.717, 1.165) is 18.7 Å². The Bertz CT molecular complexity index is 173. The van der Waals surface area contributed by atoms with E-state index >= 15 is 0 Å². The lowest BCUT2D eigenvalue weighted by Gasteiger charge is -2.00. The Morgan fingerprint density at radius 3 is 3.38 bits per heavy atom. The van der Waals surface area contributed by atoms with Crippen LogP contribution in [0.4, 0.5) is 0 Å². The Morgan fingerprint density at radius 2 is 2.62 bits per heavy atom. The topological polar surface area (TPSA) is 30.7 Å². The van der Waals surface area contributed by atoms with Gasteiger partial charge in [0.15, 0.2) is 0 Å². The van der Waals surface area contributed by atoms with Gasteiger partial charge in [0, 0.05) is 12.7 Å². The fourth-order valence-corrected chi connectivity index (χ4v) is 0.985. The van der Waals surface area contributed by atoms with Crippen LogP contribution >= 0.6 is 0 Å². The fraction of sp³-hybridized carbons (Fsp3) is 0.600. The average molecular weight is 109 g/mol. The molecule has 1 aromatic heterocycles. The van der Waals surface area contributed by atoms with E-state index in [9.17, 15) is 0 Å². The van der Waals surface area contributed by atoms with Crippen LogP contribution < -0.4 is 0 Å². The van der Waals surface area contributed by atoms with Crippen molar-refractivity contribution in [1.82, 2.24) is 15.0 Å². The second kappa shape index (κ2) is 1.31. The molecule has 42 valence electrons. The van der Waals surface area contributed by atoms with E-state index in [0.29, 0.717) is 0 Å². The maximum absolute atomic E-state index is 3.91. The van der Waals surface area contributed by atoms with Gasteiger partial charge >= 0.3 is 0 Å². The molecule has 0 saturated heterocycles. The Labute approximate surface area is 47.3 Å². The van der Waals surface area contributed by atoms with Crippen molar-refractivity contribution < 1.29 is 0 Å². The van der Waals surface area contributed by atoms with Gasteiger partial charge in [0.1, 0.15) is 0 Å². The molecule has 0 unspecified atom stereocenters. The quantitative estimate of drug-likeness (QED) is 0.477. The summed E-state index contributed by atoms with van der Waals surface area (Å²) in [5.74, 6) is 0. The fourth-order valence-electron chi connectivity index (χ4n) is 0.985. The molecule has 1 aliphatic rings. The van der Waals surface area contributed by atoms with Crippen molar-refractivity contribution in [3.05, 3.63) is 11.9 Å². The van der Waals surface area contributed by atoms with Crippen molar-refractivity contribution in [3.63, 3.8) is 0 Å². The van der Waals surface area contributed by atoms with Gasteiger partial charge < -0.3 is 0 Å². The summed E-state index contributed by atoms with van der Waals surface area (Å²) in [6.07, 6.45) is 4.32. The maximum atomic E-state index is 3.91. The standard InChI is InChI=1S/C5H7N3/c1-2-5-4-8(3-1)7-6-5/h4H,1-3H2. The lowest BCUT2D eigenvalue weighted by Crippen LogP contribution is -2.02. The first-order valence-corrected chi connectivity index (χ1v) is 2.84. The molecule has 8 heavy (non-hydrogen) atoms. The van der Waals surface area contributed by atoms with Crippen LogP contribution in [0.2, 0.25) is 0 Å². The third-order valence-corrected chi connectivity index (χ3v) is 1.41. The number of fused-ring (bicyclic) bond motifs is 2. The van der Waals surface area contributed by atoms with E-state index in [2.05, 4.69) is 10.3 Å². The van der Waals surface area contributed by atoms with Gasteiger partial charge in [-0.2, -0.15) is 0 Å². The highest BCUT2D eigenvalue weighted by Crippen LogP contribution is 2.05. The van der Waals surface area contributed by atoms with Gasteiger partial charge in [-0.3, -0.25) is 4.68 Å². The first-order valence-electron chi connectivity index (χ1n) is 2.84. The normalized spacial score (nSPS) is 16.5. The summed E-state index contributed by atoms with van der Waals surface area (Å²) < 4.78 is 1.89. The molecule has 0 radical (unpaired) electrons. The third-order valence-electron chi connectivity index (χ3n) is 1.41. The van der Waals surface area contributed by atoms with Gasteiger partial charge in [-0.05, 0) is 12.8 Å². The first kappa shape index (κ1) is 4.06. The third kappa shape index (κ3) is 0.441. The van der Waals surface area contributed by atoms with Crippen LogP contribution in [0.15, 0.2) is 6.20 Å². The summed E-state index contributed by atoms with van der Waals surface area (Å²) in [4.78, 5) is 0. The Kier molecular flexibility index (Phi) is 0.664. The number of rotatable bonds is 0. The Balaban J connectivity index is 2.53. The van der Waals surface area contributed by atoms with Gasteiger partial charge in [0.2, 0.25) is 0 Å². The first-order chi connectivity index (χ1) is 3.95. The SMILES string of the molecule is c1c2nnn1CCC2. The van der Waals surface area contributed by atoms with E-state index in [4.69, 9.17) is 0 Å². The van der Waals surface area contributed by atoms with E-state index in [1.165, 1.54) is 6.42 Å². The zero-order valence-corrected chi connectivity index (χ0v) is 4.54. The smallest absolute Gasteiger partial charge is 0.0827 e. The molecule has 2 bridgehead atoms. The van der Waals surface area contributed by atoms with Gasteiger partial charge in [0.05, 0.1) is 5.69 Å². The van der Waals surface area contributed by atoms with Gasteiger partial charge in [-0.25, -0.2) is 0 Å². The number of nitrogens with zero attached hydrogens (tertiary/aromatic N) is 3. The van der Waals surface area contributed by atoms with Crippen molar-refractivity contribution in [2.45, 2.75) is 19.4 Å². The average Bonchev–Trinajstić information content (AvgIpc) is 2.12. The lowest BCUT2D eigenvalue weighted by molar-refractivity contribution is 0.559. The number of aromatic nitrogens is 3. The largest absolute Gasteiger partial charge is 0.252 e. The minimum absolute atomic E-state index is 1.05. The van der Waals surface area contributed by atoms with Crippen LogP contribution in [0.1, 0.15) is 12.1 Å². The molecule has 3 heteroatoms. The van der Waals surface area contributed by atoms with Crippen molar-refractivity contribution in [1.29, 1.82) is 0 Å².